The first-order valence-electron chi connectivity index (χ1n) is 3.79. The van der Waals surface area contributed by atoms with Crippen LogP contribution >= 0.6 is 0 Å². The third-order valence-corrected chi connectivity index (χ3v) is 3.04. The van der Waals surface area contributed by atoms with Crippen LogP contribution in [0.2, 0.25) is 0 Å². The van der Waals surface area contributed by atoms with Crippen LogP contribution < -0.4 is 0 Å². The molecule has 10 heavy (non-hydrogen) atoms. The van der Waals surface area contributed by atoms with Gasteiger partial charge in [-0.15, -0.1) is 0 Å². The zero-order valence-corrected chi connectivity index (χ0v) is 7.19. The standard InChI is InChI=1S/C8H14OS/c1-2-3-6-10(9)7-8-4-5-8/h2-3,8H,4-7H2,1H3/b3-2+. The monoisotopic (exact) mass is 158 g/mol. The van der Waals surface area contributed by atoms with E-state index in [1.807, 2.05) is 19.1 Å². The Morgan fingerprint density at radius 2 is 2.30 bits per heavy atom. The molecule has 0 spiro atoms. The molecular weight excluding hydrogens is 144 g/mol. The molecule has 0 aromatic carbocycles. The van der Waals surface area contributed by atoms with E-state index in [-0.39, 0.29) is 0 Å². The predicted octanol–water partition coefficient (Wildman–Crippen LogP) is 1.72. The Bertz CT molecular complexity index is 147. The quantitative estimate of drug-likeness (QED) is 0.569. The maximum atomic E-state index is 11.1. The Balaban J connectivity index is 2.08. The average molecular weight is 158 g/mol. The van der Waals surface area contributed by atoms with Crippen LogP contribution in [0.3, 0.4) is 0 Å². The summed E-state index contributed by atoms with van der Waals surface area (Å²) < 4.78 is 11.1. The molecule has 2 heteroatoms. The Hall–Kier alpha value is -0.110. The summed E-state index contributed by atoms with van der Waals surface area (Å²) in [6.45, 7) is 1.97. The Morgan fingerprint density at radius 1 is 1.60 bits per heavy atom. The summed E-state index contributed by atoms with van der Waals surface area (Å²) in [4.78, 5) is 0. The van der Waals surface area contributed by atoms with E-state index in [4.69, 9.17) is 0 Å². The lowest BCUT2D eigenvalue weighted by Crippen LogP contribution is -2.01. The molecule has 1 fully saturated rings. The molecule has 1 nitrogen and oxygen atoms in total. The van der Waals surface area contributed by atoms with Crippen LogP contribution in [0.1, 0.15) is 19.8 Å². The van der Waals surface area contributed by atoms with Crippen molar-refractivity contribution in [1.82, 2.24) is 0 Å². The Kier molecular flexibility index (Phi) is 3.13. The van der Waals surface area contributed by atoms with Gasteiger partial charge in [-0.3, -0.25) is 4.21 Å². The summed E-state index contributed by atoms with van der Waals surface area (Å²) in [5.74, 6) is 2.49. The van der Waals surface area contributed by atoms with Gasteiger partial charge in [-0.1, -0.05) is 12.2 Å². The highest BCUT2D eigenvalue weighted by Crippen LogP contribution is 2.29. The van der Waals surface area contributed by atoms with Crippen molar-refractivity contribution in [1.29, 1.82) is 0 Å². The van der Waals surface area contributed by atoms with Gasteiger partial charge in [-0.25, -0.2) is 0 Å². The molecule has 0 aromatic heterocycles. The van der Waals surface area contributed by atoms with Crippen LogP contribution in [-0.4, -0.2) is 15.7 Å². The van der Waals surface area contributed by atoms with Gasteiger partial charge in [0, 0.05) is 22.3 Å². The molecule has 0 N–H and O–H groups in total. The molecule has 0 radical (unpaired) electrons. The van der Waals surface area contributed by atoms with Crippen molar-refractivity contribution < 1.29 is 4.21 Å². The zero-order valence-electron chi connectivity index (χ0n) is 6.38. The van der Waals surface area contributed by atoms with Gasteiger partial charge in [0.15, 0.2) is 0 Å². The third-order valence-electron chi connectivity index (χ3n) is 1.64. The SMILES string of the molecule is C/C=C/CS(=O)CC1CC1. The van der Waals surface area contributed by atoms with Crippen LogP contribution in [0.15, 0.2) is 12.2 Å². The fourth-order valence-electron chi connectivity index (χ4n) is 0.819. The van der Waals surface area contributed by atoms with Gasteiger partial charge in [-0.05, 0) is 25.7 Å². The fourth-order valence-corrected chi connectivity index (χ4v) is 2.22. The largest absolute Gasteiger partial charge is 0.259 e. The molecular formula is C8H14OS. The highest BCUT2D eigenvalue weighted by Gasteiger charge is 2.22. The molecule has 0 saturated heterocycles. The van der Waals surface area contributed by atoms with Gasteiger partial charge in [0.1, 0.15) is 0 Å². The van der Waals surface area contributed by atoms with Crippen LogP contribution in [0, 0.1) is 5.92 Å². The summed E-state index contributed by atoms with van der Waals surface area (Å²) >= 11 is 0. The van der Waals surface area contributed by atoms with E-state index in [0.29, 0.717) is 0 Å². The minimum atomic E-state index is -0.574. The number of allylic oxidation sites excluding steroid dienone is 1. The second-order valence-electron chi connectivity index (χ2n) is 2.79. The van der Waals surface area contributed by atoms with E-state index >= 15 is 0 Å². The van der Waals surface area contributed by atoms with Crippen molar-refractivity contribution in [3.63, 3.8) is 0 Å². The minimum Gasteiger partial charge on any atom is -0.259 e. The molecule has 0 heterocycles. The Morgan fingerprint density at radius 3 is 2.80 bits per heavy atom. The van der Waals surface area contributed by atoms with E-state index in [1.165, 1.54) is 12.8 Å². The zero-order chi connectivity index (χ0) is 7.40. The van der Waals surface area contributed by atoms with E-state index in [0.717, 1.165) is 17.4 Å². The molecule has 1 aliphatic rings. The van der Waals surface area contributed by atoms with Crippen LogP contribution in [0.4, 0.5) is 0 Å². The maximum Gasteiger partial charge on any atom is 0.0415 e. The summed E-state index contributed by atoms with van der Waals surface area (Å²) in [7, 11) is -0.574. The first-order valence-corrected chi connectivity index (χ1v) is 5.28. The minimum absolute atomic E-state index is 0.574. The molecule has 0 bridgehead atoms. The highest BCUT2D eigenvalue weighted by molar-refractivity contribution is 7.85. The summed E-state index contributed by atoms with van der Waals surface area (Å²) in [5.41, 5.74) is 0. The van der Waals surface area contributed by atoms with Crippen molar-refractivity contribution in [2.75, 3.05) is 11.5 Å². The lowest BCUT2D eigenvalue weighted by Gasteiger charge is -1.93. The van der Waals surface area contributed by atoms with Gasteiger partial charge in [0.25, 0.3) is 0 Å². The summed E-state index contributed by atoms with van der Waals surface area (Å²) in [6, 6.07) is 0. The molecule has 0 aromatic rings. The second-order valence-corrected chi connectivity index (χ2v) is 4.33. The van der Waals surface area contributed by atoms with Crippen molar-refractivity contribution in [2.24, 2.45) is 5.92 Å². The van der Waals surface area contributed by atoms with Crippen molar-refractivity contribution in [3.8, 4) is 0 Å². The van der Waals surface area contributed by atoms with Crippen molar-refractivity contribution >= 4 is 10.8 Å². The molecule has 0 aliphatic heterocycles. The number of hydrogen-bond donors (Lipinski definition) is 0. The van der Waals surface area contributed by atoms with Crippen molar-refractivity contribution in [3.05, 3.63) is 12.2 Å². The van der Waals surface area contributed by atoms with E-state index < -0.39 is 10.8 Å². The van der Waals surface area contributed by atoms with Crippen molar-refractivity contribution in [2.45, 2.75) is 19.8 Å². The second kappa shape index (κ2) is 3.91. The molecule has 1 rings (SSSR count). The van der Waals surface area contributed by atoms with Gasteiger partial charge in [-0.2, -0.15) is 0 Å². The lowest BCUT2D eigenvalue weighted by molar-refractivity contribution is 0.681. The van der Waals surface area contributed by atoms with Gasteiger partial charge in [0.05, 0.1) is 0 Å². The molecule has 0 amide bonds. The topological polar surface area (TPSA) is 17.1 Å². The van der Waals surface area contributed by atoms with Gasteiger partial charge < -0.3 is 0 Å². The van der Waals surface area contributed by atoms with E-state index in [1.54, 1.807) is 0 Å². The fraction of sp³-hybridized carbons (Fsp3) is 0.750. The number of rotatable bonds is 4. The first-order chi connectivity index (χ1) is 4.83. The highest BCUT2D eigenvalue weighted by atomic mass is 32.2. The maximum absolute atomic E-state index is 11.1. The normalized spacial score (nSPS) is 21.7. The first kappa shape index (κ1) is 7.99. The molecule has 1 atom stereocenters. The molecule has 1 aliphatic carbocycles. The van der Waals surface area contributed by atoms with E-state index in [9.17, 15) is 4.21 Å². The van der Waals surface area contributed by atoms with Crippen LogP contribution in [0.5, 0.6) is 0 Å². The summed E-state index contributed by atoms with van der Waals surface area (Å²) in [5, 5.41) is 0. The third kappa shape index (κ3) is 3.16. The van der Waals surface area contributed by atoms with Crippen LogP contribution in [0.25, 0.3) is 0 Å². The smallest absolute Gasteiger partial charge is 0.0415 e. The predicted molar refractivity (Wildman–Crippen MR) is 45.4 cm³/mol. The molecule has 58 valence electrons. The average Bonchev–Trinajstić information content (AvgIpc) is 2.67. The van der Waals surface area contributed by atoms with E-state index in [2.05, 4.69) is 0 Å². The van der Waals surface area contributed by atoms with Gasteiger partial charge in [0.2, 0.25) is 0 Å². The lowest BCUT2D eigenvalue weighted by atomic mass is 10.5. The molecule has 1 unspecified atom stereocenters. The van der Waals surface area contributed by atoms with Crippen LogP contribution in [-0.2, 0) is 10.8 Å². The molecule has 1 saturated carbocycles. The van der Waals surface area contributed by atoms with Gasteiger partial charge >= 0.3 is 0 Å². The Labute approximate surface area is 65.0 Å². The number of hydrogen-bond acceptors (Lipinski definition) is 1. The summed E-state index contributed by atoms with van der Waals surface area (Å²) in [6.07, 6.45) is 6.56.